The monoisotopic (exact) mass is 285 g/mol. The predicted molar refractivity (Wildman–Crippen MR) is 81.5 cm³/mol. The van der Waals surface area contributed by atoms with Gasteiger partial charge in [0, 0.05) is 13.1 Å². The second-order valence-corrected chi connectivity index (χ2v) is 6.22. The molecular formula is C15H31N3O2. The Morgan fingerprint density at radius 3 is 2.60 bits per heavy atom. The molecule has 2 unspecified atom stereocenters. The number of hydrogen-bond donors (Lipinski definition) is 1. The first-order valence-corrected chi connectivity index (χ1v) is 7.74. The lowest BCUT2D eigenvalue weighted by atomic mass is 10.1. The summed E-state index contributed by atoms with van der Waals surface area (Å²) in [5.74, 6) is 0.808. The molecule has 1 saturated heterocycles. The second-order valence-electron chi connectivity index (χ2n) is 6.22. The van der Waals surface area contributed by atoms with E-state index in [1.54, 1.807) is 0 Å². The molecule has 5 heteroatoms. The van der Waals surface area contributed by atoms with E-state index in [1.807, 2.05) is 19.0 Å². The third-order valence-electron chi connectivity index (χ3n) is 3.61. The van der Waals surface area contributed by atoms with E-state index < -0.39 is 0 Å². The van der Waals surface area contributed by atoms with Gasteiger partial charge in [0.15, 0.2) is 0 Å². The van der Waals surface area contributed by atoms with Gasteiger partial charge in [-0.1, -0.05) is 20.8 Å². The van der Waals surface area contributed by atoms with Crippen molar-refractivity contribution in [3.8, 4) is 0 Å². The number of hydrogen-bond acceptors (Lipinski definition) is 4. The van der Waals surface area contributed by atoms with E-state index in [9.17, 15) is 4.79 Å². The van der Waals surface area contributed by atoms with Gasteiger partial charge in [0.1, 0.15) is 0 Å². The zero-order chi connectivity index (χ0) is 15.1. The van der Waals surface area contributed by atoms with Gasteiger partial charge in [0.25, 0.3) is 0 Å². The molecule has 118 valence electrons. The van der Waals surface area contributed by atoms with Gasteiger partial charge in [-0.05, 0) is 32.9 Å². The van der Waals surface area contributed by atoms with Crippen molar-refractivity contribution >= 4 is 5.91 Å². The maximum atomic E-state index is 12.3. The molecule has 1 N–H and O–H groups in total. The van der Waals surface area contributed by atoms with Crippen molar-refractivity contribution in [2.45, 2.75) is 45.8 Å². The summed E-state index contributed by atoms with van der Waals surface area (Å²) in [6, 6.07) is -0.0134. The van der Waals surface area contributed by atoms with Crippen molar-refractivity contribution in [3.05, 3.63) is 0 Å². The van der Waals surface area contributed by atoms with Gasteiger partial charge in [-0.25, -0.2) is 0 Å². The van der Waals surface area contributed by atoms with E-state index >= 15 is 0 Å². The van der Waals surface area contributed by atoms with Crippen LogP contribution in [0.3, 0.4) is 0 Å². The minimum absolute atomic E-state index is 0.0134. The van der Waals surface area contributed by atoms with Gasteiger partial charge < -0.3 is 14.5 Å². The first-order chi connectivity index (χ1) is 9.45. The average molecular weight is 285 g/mol. The molecule has 0 aliphatic carbocycles. The van der Waals surface area contributed by atoms with E-state index in [1.165, 1.54) is 0 Å². The quantitative estimate of drug-likeness (QED) is 0.646. The van der Waals surface area contributed by atoms with Crippen molar-refractivity contribution in [3.63, 3.8) is 0 Å². The molecule has 20 heavy (non-hydrogen) atoms. The molecule has 1 amide bonds. The molecular weight excluding hydrogens is 254 g/mol. The third-order valence-corrected chi connectivity index (χ3v) is 3.61. The number of ether oxygens (including phenoxy) is 1. The fourth-order valence-electron chi connectivity index (χ4n) is 2.46. The smallest absolute Gasteiger partial charge is 0.241 e. The minimum atomic E-state index is -0.0134. The van der Waals surface area contributed by atoms with Crippen LogP contribution in [-0.4, -0.2) is 68.3 Å². The normalized spacial score (nSPS) is 23.4. The summed E-state index contributed by atoms with van der Waals surface area (Å²) in [6.45, 7) is 9.38. The highest BCUT2D eigenvalue weighted by atomic mass is 16.5. The van der Waals surface area contributed by atoms with Crippen LogP contribution in [0.2, 0.25) is 0 Å². The van der Waals surface area contributed by atoms with Crippen LogP contribution in [0, 0.1) is 5.92 Å². The molecule has 0 bridgehead atoms. The molecule has 5 nitrogen and oxygen atoms in total. The highest BCUT2D eigenvalue weighted by Crippen LogP contribution is 2.18. The Labute approximate surface area is 123 Å². The fourth-order valence-corrected chi connectivity index (χ4v) is 2.46. The maximum Gasteiger partial charge on any atom is 0.241 e. The zero-order valence-electron chi connectivity index (χ0n) is 13.7. The van der Waals surface area contributed by atoms with Gasteiger partial charge in [-0.3, -0.25) is 10.1 Å². The summed E-state index contributed by atoms with van der Waals surface area (Å²) < 4.78 is 5.61. The Morgan fingerprint density at radius 2 is 2.05 bits per heavy atom. The Hall–Kier alpha value is -0.650. The van der Waals surface area contributed by atoms with Crippen LogP contribution < -0.4 is 5.32 Å². The van der Waals surface area contributed by atoms with Crippen LogP contribution in [0.5, 0.6) is 0 Å². The van der Waals surface area contributed by atoms with Crippen molar-refractivity contribution in [1.82, 2.24) is 15.1 Å². The molecule has 0 aromatic rings. The third kappa shape index (κ3) is 5.38. The Balaban J connectivity index is 2.40. The SMILES string of the molecule is CCC1NC(CC(C)C)N(CCOCCN(C)C)C1=O. The topological polar surface area (TPSA) is 44.8 Å². The number of carbonyl (C=O) groups is 1. The van der Waals surface area contributed by atoms with Crippen LogP contribution in [0.4, 0.5) is 0 Å². The molecule has 1 fully saturated rings. The number of nitrogens with one attached hydrogen (secondary N) is 1. The lowest BCUT2D eigenvalue weighted by Gasteiger charge is -2.25. The Bertz CT molecular complexity index is 295. The van der Waals surface area contributed by atoms with Crippen LogP contribution in [0.1, 0.15) is 33.6 Å². The largest absolute Gasteiger partial charge is 0.378 e. The predicted octanol–water partition coefficient (Wildman–Crippen LogP) is 1.15. The van der Waals surface area contributed by atoms with E-state index in [2.05, 4.69) is 31.0 Å². The summed E-state index contributed by atoms with van der Waals surface area (Å²) in [4.78, 5) is 16.4. The van der Waals surface area contributed by atoms with E-state index in [-0.39, 0.29) is 18.1 Å². The standard InChI is InChI=1S/C15H31N3O2/c1-6-13-15(19)18(14(16-13)11-12(2)3)8-10-20-9-7-17(4)5/h12-14,16H,6-11H2,1-5H3. The first kappa shape index (κ1) is 17.4. The summed E-state index contributed by atoms with van der Waals surface area (Å²) >= 11 is 0. The van der Waals surface area contributed by atoms with Crippen molar-refractivity contribution in [2.75, 3.05) is 40.4 Å². The summed E-state index contributed by atoms with van der Waals surface area (Å²) in [7, 11) is 4.06. The van der Waals surface area contributed by atoms with Gasteiger partial charge in [0.05, 0.1) is 25.4 Å². The molecule has 2 atom stereocenters. The van der Waals surface area contributed by atoms with Crippen molar-refractivity contribution in [2.24, 2.45) is 5.92 Å². The fraction of sp³-hybridized carbons (Fsp3) is 0.933. The van der Waals surface area contributed by atoms with Crippen molar-refractivity contribution < 1.29 is 9.53 Å². The van der Waals surface area contributed by atoms with Gasteiger partial charge in [0.2, 0.25) is 5.91 Å². The number of carbonyl (C=O) groups excluding carboxylic acids is 1. The van der Waals surface area contributed by atoms with Crippen LogP contribution >= 0.6 is 0 Å². The molecule has 0 spiro atoms. The van der Waals surface area contributed by atoms with Crippen molar-refractivity contribution in [1.29, 1.82) is 0 Å². The number of likely N-dealkylation sites (N-methyl/N-ethyl adjacent to an activating group) is 1. The molecule has 0 saturated carbocycles. The molecule has 1 rings (SSSR count). The van der Waals surface area contributed by atoms with Gasteiger partial charge >= 0.3 is 0 Å². The molecule has 1 aliphatic rings. The number of nitrogens with zero attached hydrogens (tertiary/aromatic N) is 2. The summed E-state index contributed by atoms with van der Waals surface area (Å²) in [5.41, 5.74) is 0. The molecule has 0 aromatic carbocycles. The highest BCUT2D eigenvalue weighted by molar-refractivity contribution is 5.84. The van der Waals surface area contributed by atoms with Crippen LogP contribution in [-0.2, 0) is 9.53 Å². The number of rotatable bonds is 9. The van der Waals surface area contributed by atoms with Crippen LogP contribution in [0.25, 0.3) is 0 Å². The van der Waals surface area contributed by atoms with Gasteiger partial charge in [-0.15, -0.1) is 0 Å². The van der Waals surface area contributed by atoms with E-state index in [4.69, 9.17) is 4.74 Å². The molecule has 1 heterocycles. The summed E-state index contributed by atoms with van der Waals surface area (Å²) in [5, 5.41) is 3.44. The van der Waals surface area contributed by atoms with E-state index in [0.717, 1.165) is 19.4 Å². The zero-order valence-corrected chi connectivity index (χ0v) is 13.7. The number of amides is 1. The lowest BCUT2D eigenvalue weighted by molar-refractivity contribution is -0.131. The maximum absolute atomic E-state index is 12.3. The summed E-state index contributed by atoms with van der Waals surface area (Å²) in [6.07, 6.45) is 2.02. The average Bonchev–Trinajstić information content (AvgIpc) is 2.65. The Morgan fingerprint density at radius 1 is 1.35 bits per heavy atom. The van der Waals surface area contributed by atoms with Gasteiger partial charge in [-0.2, -0.15) is 0 Å². The minimum Gasteiger partial charge on any atom is -0.378 e. The molecule has 0 radical (unpaired) electrons. The molecule has 1 aliphatic heterocycles. The first-order valence-electron chi connectivity index (χ1n) is 7.74. The lowest BCUT2D eigenvalue weighted by Crippen LogP contribution is -2.40. The second kappa shape index (κ2) is 8.60. The molecule has 0 aromatic heterocycles. The van der Waals surface area contributed by atoms with E-state index in [0.29, 0.717) is 25.7 Å². The highest BCUT2D eigenvalue weighted by Gasteiger charge is 2.37. The van der Waals surface area contributed by atoms with Crippen LogP contribution in [0.15, 0.2) is 0 Å². The Kier molecular flexibility index (Phi) is 7.48.